The van der Waals surface area contributed by atoms with Gasteiger partial charge in [-0.3, -0.25) is 0 Å². The number of hydrogen-bond donors (Lipinski definition) is 0. The number of rotatable bonds is 5. The molecule has 3 fully saturated rings. The zero-order chi connectivity index (χ0) is 16.8. The summed E-state index contributed by atoms with van der Waals surface area (Å²) in [6, 6.07) is 13.6. The average Bonchev–Trinajstić information content (AvgIpc) is 3.34. The van der Waals surface area contributed by atoms with Crippen LogP contribution >= 0.6 is 0 Å². The second kappa shape index (κ2) is 6.54. The molecular formula is C23H29OS+. The monoisotopic (exact) mass is 353 g/mol. The Morgan fingerprint density at radius 1 is 0.960 bits per heavy atom. The summed E-state index contributed by atoms with van der Waals surface area (Å²) in [7, 11) is 0.453. The maximum atomic E-state index is 6.10. The van der Waals surface area contributed by atoms with E-state index in [0.29, 0.717) is 10.9 Å². The van der Waals surface area contributed by atoms with Crippen molar-refractivity contribution in [3.63, 3.8) is 0 Å². The van der Waals surface area contributed by atoms with Crippen molar-refractivity contribution >= 4 is 21.7 Å². The Morgan fingerprint density at radius 2 is 1.68 bits per heavy atom. The Kier molecular flexibility index (Phi) is 4.20. The molecule has 4 unspecified atom stereocenters. The molecule has 0 amide bonds. The fraction of sp³-hybridized carbons (Fsp3) is 0.565. The van der Waals surface area contributed by atoms with Crippen LogP contribution in [0.5, 0.6) is 5.75 Å². The Balaban J connectivity index is 1.45. The van der Waals surface area contributed by atoms with E-state index in [2.05, 4.69) is 43.3 Å². The zero-order valence-corrected chi connectivity index (χ0v) is 16.1. The molecule has 1 heterocycles. The van der Waals surface area contributed by atoms with Gasteiger partial charge in [-0.1, -0.05) is 31.5 Å². The highest BCUT2D eigenvalue weighted by Crippen LogP contribution is 2.57. The Labute approximate surface area is 154 Å². The molecule has 2 heteroatoms. The molecule has 2 bridgehead atoms. The van der Waals surface area contributed by atoms with Crippen molar-refractivity contribution in [3.05, 3.63) is 36.4 Å². The summed E-state index contributed by atoms with van der Waals surface area (Å²) >= 11 is 0. The van der Waals surface area contributed by atoms with Gasteiger partial charge in [-0.2, -0.15) is 0 Å². The first-order valence-electron chi connectivity index (χ1n) is 10.2. The maximum absolute atomic E-state index is 6.10. The van der Waals surface area contributed by atoms with Gasteiger partial charge in [0.25, 0.3) is 0 Å². The Bertz CT molecular complexity index is 752. The summed E-state index contributed by atoms with van der Waals surface area (Å²) in [6.07, 6.45) is 6.91. The third kappa shape index (κ3) is 2.68. The van der Waals surface area contributed by atoms with Gasteiger partial charge in [0, 0.05) is 33.5 Å². The molecule has 2 aliphatic carbocycles. The number of unbranched alkanes of at least 4 members (excludes halogenated alkanes) is 1. The predicted octanol–water partition coefficient (Wildman–Crippen LogP) is 5.67. The lowest BCUT2D eigenvalue weighted by Gasteiger charge is -2.19. The molecule has 0 aromatic heterocycles. The van der Waals surface area contributed by atoms with E-state index in [1.165, 1.54) is 41.5 Å². The summed E-state index contributed by atoms with van der Waals surface area (Å²) in [6.45, 7) is 3.05. The van der Waals surface area contributed by atoms with Gasteiger partial charge < -0.3 is 4.74 Å². The second-order valence-electron chi connectivity index (χ2n) is 8.30. The highest BCUT2D eigenvalue weighted by atomic mass is 32.2. The van der Waals surface area contributed by atoms with Crippen LogP contribution in [0.3, 0.4) is 0 Å². The molecular weight excluding hydrogens is 324 g/mol. The van der Waals surface area contributed by atoms with Crippen molar-refractivity contribution in [2.75, 3.05) is 18.1 Å². The van der Waals surface area contributed by atoms with E-state index >= 15 is 0 Å². The molecule has 1 saturated heterocycles. The molecule has 2 aromatic rings. The zero-order valence-electron chi connectivity index (χ0n) is 15.2. The van der Waals surface area contributed by atoms with Crippen LogP contribution in [0.25, 0.3) is 10.8 Å². The van der Waals surface area contributed by atoms with Crippen molar-refractivity contribution in [2.24, 2.45) is 23.7 Å². The number of benzene rings is 2. The van der Waals surface area contributed by atoms with Crippen LogP contribution in [0.15, 0.2) is 41.3 Å². The summed E-state index contributed by atoms with van der Waals surface area (Å²) in [5.74, 6) is 8.22. The van der Waals surface area contributed by atoms with Crippen molar-refractivity contribution in [1.29, 1.82) is 0 Å². The highest BCUT2D eigenvalue weighted by Gasteiger charge is 2.56. The Morgan fingerprint density at radius 3 is 2.44 bits per heavy atom. The summed E-state index contributed by atoms with van der Waals surface area (Å²) in [4.78, 5) is 1.62. The number of hydrogen-bond acceptors (Lipinski definition) is 1. The van der Waals surface area contributed by atoms with Crippen LogP contribution in [-0.2, 0) is 10.9 Å². The molecule has 2 saturated carbocycles. The van der Waals surface area contributed by atoms with Crippen molar-refractivity contribution < 1.29 is 4.74 Å². The van der Waals surface area contributed by atoms with E-state index in [1.807, 2.05) is 0 Å². The first-order chi connectivity index (χ1) is 12.3. The molecule has 0 N–H and O–H groups in total. The van der Waals surface area contributed by atoms with E-state index in [9.17, 15) is 0 Å². The standard InChI is InChI=1S/C23H29OS/c1-2-3-12-24-22-8-4-7-19-18(22)6-5-9-23(19)25-14-20-16-10-11-17(13-16)21(20)15-25/h4-9,16-17,20-21H,2-3,10-15H2,1H3/q+1. The molecule has 0 radical (unpaired) electrons. The minimum Gasteiger partial charge on any atom is -0.493 e. The predicted molar refractivity (Wildman–Crippen MR) is 108 cm³/mol. The van der Waals surface area contributed by atoms with Gasteiger partial charge in [0.2, 0.25) is 0 Å². The van der Waals surface area contributed by atoms with Crippen molar-refractivity contribution in [3.8, 4) is 5.75 Å². The third-order valence-corrected chi connectivity index (χ3v) is 9.52. The quantitative estimate of drug-likeness (QED) is 0.497. The van der Waals surface area contributed by atoms with E-state index in [-0.39, 0.29) is 0 Å². The lowest BCUT2D eigenvalue weighted by atomic mass is 9.82. The first kappa shape index (κ1) is 16.1. The van der Waals surface area contributed by atoms with E-state index in [1.54, 1.807) is 11.3 Å². The number of ether oxygens (including phenoxy) is 1. The van der Waals surface area contributed by atoms with Crippen molar-refractivity contribution in [2.45, 2.75) is 43.9 Å². The minimum atomic E-state index is 0.453. The van der Waals surface area contributed by atoms with Gasteiger partial charge in [-0.25, -0.2) is 0 Å². The van der Waals surface area contributed by atoms with Crippen LogP contribution in [0.2, 0.25) is 0 Å². The van der Waals surface area contributed by atoms with Crippen molar-refractivity contribution in [1.82, 2.24) is 0 Å². The first-order valence-corrected chi connectivity index (χ1v) is 11.7. The van der Waals surface area contributed by atoms with Gasteiger partial charge in [0.05, 0.1) is 6.61 Å². The van der Waals surface area contributed by atoms with Gasteiger partial charge in [-0.05, 0) is 55.7 Å². The lowest BCUT2D eigenvalue weighted by Crippen LogP contribution is -2.19. The lowest BCUT2D eigenvalue weighted by molar-refractivity contribution is 0.281. The largest absolute Gasteiger partial charge is 0.493 e. The van der Waals surface area contributed by atoms with Crippen LogP contribution in [-0.4, -0.2) is 18.1 Å². The van der Waals surface area contributed by atoms with Crippen LogP contribution in [0, 0.1) is 23.7 Å². The van der Waals surface area contributed by atoms with E-state index < -0.39 is 0 Å². The number of fused-ring (bicyclic) bond motifs is 6. The average molecular weight is 354 g/mol. The maximum Gasteiger partial charge on any atom is 0.162 e. The molecule has 5 rings (SSSR count). The van der Waals surface area contributed by atoms with Gasteiger partial charge in [-0.15, -0.1) is 0 Å². The molecule has 132 valence electrons. The van der Waals surface area contributed by atoms with E-state index in [4.69, 9.17) is 4.74 Å². The fourth-order valence-corrected chi connectivity index (χ4v) is 8.94. The molecule has 4 atom stereocenters. The van der Waals surface area contributed by atoms with Gasteiger partial charge >= 0.3 is 0 Å². The summed E-state index contributed by atoms with van der Waals surface area (Å²) in [5.41, 5.74) is 0. The molecule has 1 nitrogen and oxygen atoms in total. The Hall–Kier alpha value is -1.15. The molecule has 0 spiro atoms. The smallest absolute Gasteiger partial charge is 0.162 e. The highest BCUT2D eigenvalue weighted by molar-refractivity contribution is 7.97. The van der Waals surface area contributed by atoms with Gasteiger partial charge in [0.15, 0.2) is 4.90 Å². The molecule has 25 heavy (non-hydrogen) atoms. The van der Waals surface area contributed by atoms with Crippen LogP contribution < -0.4 is 4.74 Å². The van der Waals surface area contributed by atoms with Gasteiger partial charge in [0.1, 0.15) is 17.3 Å². The fourth-order valence-electron chi connectivity index (χ4n) is 5.72. The third-order valence-electron chi connectivity index (χ3n) is 6.97. The summed E-state index contributed by atoms with van der Waals surface area (Å²) < 4.78 is 6.10. The topological polar surface area (TPSA) is 9.23 Å². The van der Waals surface area contributed by atoms with Crippen LogP contribution in [0.4, 0.5) is 0 Å². The second-order valence-corrected chi connectivity index (χ2v) is 10.4. The SMILES string of the molecule is CCCCOc1cccc2c([S+]3CC4C5CCC(C5)C4C3)cccc12. The molecule has 1 aliphatic heterocycles. The normalized spacial score (nSPS) is 33.1. The molecule has 3 aliphatic rings. The summed E-state index contributed by atoms with van der Waals surface area (Å²) in [5, 5.41) is 2.77. The van der Waals surface area contributed by atoms with Crippen LogP contribution in [0.1, 0.15) is 39.0 Å². The molecule has 2 aromatic carbocycles. The van der Waals surface area contributed by atoms with E-state index in [0.717, 1.165) is 42.4 Å². The minimum absolute atomic E-state index is 0.453.